The number of aromatic nitrogens is 2. The fourth-order valence-electron chi connectivity index (χ4n) is 9.53. The zero-order chi connectivity index (χ0) is 61.7. The van der Waals surface area contributed by atoms with Gasteiger partial charge in [0.05, 0.1) is 6.04 Å². The summed E-state index contributed by atoms with van der Waals surface area (Å²) in [5.41, 5.74) is 20.8. The number of carbonyl (C=O) groups is 9. The fourth-order valence-corrected chi connectivity index (χ4v) is 9.53. The summed E-state index contributed by atoms with van der Waals surface area (Å²) < 4.78 is 0. The number of benzene rings is 4. The van der Waals surface area contributed by atoms with E-state index < -0.39 is 107 Å². The number of primary amides is 1. The number of aliphatic carboxylic acids is 1. The molecule has 0 saturated heterocycles. The molecule has 0 radical (unpaired) electrons. The van der Waals surface area contributed by atoms with Gasteiger partial charge in [0, 0.05) is 72.8 Å². The van der Waals surface area contributed by atoms with E-state index in [4.69, 9.17) is 22.6 Å². The third-order valence-corrected chi connectivity index (χ3v) is 14.6. The second kappa shape index (κ2) is 31.0. The molecule has 0 saturated carbocycles. The van der Waals surface area contributed by atoms with E-state index in [1.807, 2.05) is 42.5 Å². The van der Waals surface area contributed by atoms with E-state index in [1.54, 1.807) is 62.6 Å². The molecule has 452 valence electrons. The van der Waals surface area contributed by atoms with Gasteiger partial charge in [0.2, 0.25) is 47.3 Å². The minimum atomic E-state index is -1.48. The molecule has 25 nitrogen and oxygen atoms in total. The largest absolute Gasteiger partial charge is 0.508 e. The number of hydrogen-bond donors (Lipinski definition) is 16. The molecule has 0 aliphatic heterocycles. The van der Waals surface area contributed by atoms with Crippen LogP contribution in [0.3, 0.4) is 0 Å². The van der Waals surface area contributed by atoms with Gasteiger partial charge in [-0.05, 0) is 78.6 Å². The van der Waals surface area contributed by atoms with E-state index in [-0.39, 0.29) is 63.2 Å². The van der Waals surface area contributed by atoms with Gasteiger partial charge >= 0.3 is 5.97 Å². The van der Waals surface area contributed by atoms with Gasteiger partial charge in [-0.3, -0.25) is 43.8 Å². The minimum Gasteiger partial charge on any atom is -0.508 e. The zero-order valence-electron chi connectivity index (χ0n) is 47.5. The van der Waals surface area contributed by atoms with Gasteiger partial charge in [-0.1, -0.05) is 99.1 Å². The summed E-state index contributed by atoms with van der Waals surface area (Å²) in [4.78, 5) is 131. The standard InChI is InChI=1S/C60H76N14O11/c1-4-33(2)51(58(83)68-34(3)52(77)73-49(59(84)85)30-38-32-67-44-19-11-9-16-41(38)44)74-57(82)48(29-37-31-66-43-18-10-8-15-40(37)43)72-56(81)46(27-35-13-6-5-7-14-35)71-55(80)47(28-36-20-22-39(75)23-21-36)70-54(79)45(24-25-50(62)76)69-53(78)42(61)17-12-26-65-60(63)64/h5-11,13-16,18-23,31-34,42,45-49,51,66-67,75H,4,12,17,24-30,61H2,1-3H3,(H2,62,76)(H,68,83)(H,69,78)(H,70,79)(H,71,80)(H,72,81)(H,73,77)(H,74,82)(H,84,85)(H4,63,64,65)/t33-,34-,42-,45-,46-,47-,48-,49-,51-/m0/s1. The number of guanidine groups is 1. The molecule has 0 fully saturated rings. The maximum absolute atomic E-state index is 15.0. The van der Waals surface area contributed by atoms with Crippen LogP contribution in [0.15, 0.2) is 116 Å². The van der Waals surface area contributed by atoms with Crippen molar-refractivity contribution in [1.82, 2.24) is 52.5 Å². The van der Waals surface area contributed by atoms with Gasteiger partial charge in [-0.25, -0.2) is 4.79 Å². The molecular formula is C60H76N14O11. The number of aromatic hydroxyl groups is 1. The Labute approximate surface area is 490 Å². The van der Waals surface area contributed by atoms with Gasteiger partial charge in [-0.2, -0.15) is 0 Å². The topological polar surface area (TPSA) is 424 Å². The molecule has 0 spiro atoms. The number of phenols is 1. The lowest BCUT2D eigenvalue weighted by atomic mass is 9.96. The molecular weight excluding hydrogens is 1090 g/mol. The Kier molecular flexibility index (Phi) is 23.5. The summed E-state index contributed by atoms with van der Waals surface area (Å²) in [6.45, 7) is 5.13. The number of carboxylic acid groups (broad SMARTS) is 1. The van der Waals surface area contributed by atoms with Crippen LogP contribution in [0.4, 0.5) is 0 Å². The highest BCUT2D eigenvalue weighted by Gasteiger charge is 2.36. The number of para-hydroxylation sites is 2. The number of aromatic amines is 2. The van der Waals surface area contributed by atoms with E-state index in [0.717, 1.165) is 21.8 Å². The first-order valence-electron chi connectivity index (χ1n) is 28.0. The van der Waals surface area contributed by atoms with Crippen LogP contribution in [0.1, 0.15) is 75.1 Å². The number of carbonyl (C=O) groups excluding carboxylic acids is 8. The van der Waals surface area contributed by atoms with Crippen LogP contribution in [-0.4, -0.2) is 134 Å². The lowest BCUT2D eigenvalue weighted by molar-refractivity contribution is -0.142. The summed E-state index contributed by atoms with van der Waals surface area (Å²) in [5.74, 6) is -8.73. The molecule has 0 aliphatic rings. The SMILES string of the molecule is CC[C@H](C)[C@H](NC(=O)[C@H](Cc1c[nH]c2ccccc12)NC(=O)[C@H](Cc1ccccc1)NC(=O)[C@H](Cc1ccc(O)cc1)NC(=O)[C@H](CCC(N)=O)NC(=O)[C@@H](N)CCCNC(=N)N)C(=O)N[C@@H](C)C(=O)N[C@@H](Cc1c[nH]c2ccccc12)C(=O)O. The number of amides is 8. The van der Waals surface area contributed by atoms with Crippen molar-refractivity contribution in [2.24, 2.45) is 23.1 Å². The van der Waals surface area contributed by atoms with Crippen molar-refractivity contribution in [3.05, 3.63) is 138 Å². The van der Waals surface area contributed by atoms with E-state index in [9.17, 15) is 48.6 Å². The summed E-state index contributed by atoms with van der Waals surface area (Å²) in [5, 5.41) is 50.5. The first kappa shape index (κ1) is 64.4. The molecule has 0 unspecified atom stereocenters. The quantitative estimate of drug-likeness (QED) is 0.0159. The van der Waals surface area contributed by atoms with Crippen molar-refractivity contribution in [3.8, 4) is 5.75 Å². The number of carboxylic acids is 1. The van der Waals surface area contributed by atoms with Crippen LogP contribution < -0.4 is 59.7 Å². The normalized spacial score (nSPS) is 14.4. The molecule has 6 aromatic rings. The van der Waals surface area contributed by atoms with Crippen LogP contribution in [0.25, 0.3) is 21.8 Å². The number of hydrogen-bond acceptors (Lipinski definition) is 12. The summed E-state index contributed by atoms with van der Waals surface area (Å²) >= 11 is 0. The lowest BCUT2D eigenvalue weighted by Gasteiger charge is -2.29. The Hall–Kier alpha value is -9.78. The first-order valence-corrected chi connectivity index (χ1v) is 28.0. The summed E-state index contributed by atoms with van der Waals surface area (Å²) in [7, 11) is 0. The van der Waals surface area contributed by atoms with E-state index in [1.165, 1.54) is 31.2 Å². The Morgan fingerprint density at radius 3 is 1.54 bits per heavy atom. The first-order chi connectivity index (χ1) is 40.6. The van der Waals surface area contributed by atoms with Crippen LogP contribution in [-0.2, 0) is 68.8 Å². The molecule has 0 bridgehead atoms. The van der Waals surface area contributed by atoms with Gasteiger partial charge in [0.15, 0.2) is 5.96 Å². The van der Waals surface area contributed by atoms with Gasteiger partial charge in [-0.15, -0.1) is 0 Å². The van der Waals surface area contributed by atoms with E-state index in [2.05, 4.69) is 52.5 Å². The molecule has 85 heavy (non-hydrogen) atoms. The van der Waals surface area contributed by atoms with Crippen molar-refractivity contribution < 1.29 is 53.4 Å². The number of fused-ring (bicyclic) bond motifs is 2. The molecule has 4 aromatic carbocycles. The fraction of sp³-hybridized carbons (Fsp3) is 0.367. The predicted molar refractivity (Wildman–Crippen MR) is 318 cm³/mol. The number of nitrogens with two attached hydrogens (primary N) is 3. The average Bonchev–Trinajstić information content (AvgIpc) is 4.34. The molecule has 19 N–H and O–H groups in total. The average molecular weight is 1170 g/mol. The molecule has 6 rings (SSSR count). The smallest absolute Gasteiger partial charge is 0.326 e. The van der Waals surface area contributed by atoms with Crippen LogP contribution in [0.2, 0.25) is 0 Å². The highest BCUT2D eigenvalue weighted by molar-refractivity contribution is 5.98. The Balaban J connectivity index is 1.25. The molecule has 2 aromatic heterocycles. The Bertz CT molecular complexity index is 3310. The molecule has 2 heterocycles. The van der Waals surface area contributed by atoms with Crippen LogP contribution in [0, 0.1) is 11.3 Å². The Morgan fingerprint density at radius 1 is 0.541 bits per heavy atom. The summed E-state index contributed by atoms with van der Waals surface area (Å²) in [6.07, 6.45) is 2.99. The lowest BCUT2D eigenvalue weighted by Crippen LogP contribution is -2.61. The van der Waals surface area contributed by atoms with Crippen LogP contribution >= 0.6 is 0 Å². The van der Waals surface area contributed by atoms with Gasteiger partial charge < -0.3 is 79.9 Å². The van der Waals surface area contributed by atoms with Crippen molar-refractivity contribution in [2.75, 3.05) is 6.54 Å². The monoisotopic (exact) mass is 1170 g/mol. The number of nitrogens with one attached hydrogen (secondary N) is 11. The number of rotatable bonds is 32. The van der Waals surface area contributed by atoms with Crippen molar-refractivity contribution in [1.29, 1.82) is 5.41 Å². The second-order valence-electron chi connectivity index (χ2n) is 21.0. The highest BCUT2D eigenvalue weighted by Crippen LogP contribution is 2.22. The minimum absolute atomic E-state index is 0.0597. The molecule has 25 heteroatoms. The number of H-pyrrole nitrogens is 2. The van der Waals surface area contributed by atoms with Crippen molar-refractivity contribution in [3.63, 3.8) is 0 Å². The molecule has 9 atom stereocenters. The van der Waals surface area contributed by atoms with Crippen LogP contribution in [0.5, 0.6) is 5.75 Å². The highest BCUT2D eigenvalue weighted by atomic mass is 16.4. The maximum Gasteiger partial charge on any atom is 0.326 e. The molecule has 0 aliphatic carbocycles. The third-order valence-electron chi connectivity index (χ3n) is 14.6. The van der Waals surface area contributed by atoms with E-state index >= 15 is 4.79 Å². The van der Waals surface area contributed by atoms with Crippen molar-refractivity contribution >= 4 is 81.0 Å². The van der Waals surface area contributed by atoms with Crippen molar-refractivity contribution in [2.45, 2.75) is 127 Å². The maximum atomic E-state index is 15.0. The second-order valence-corrected chi connectivity index (χ2v) is 21.0. The Morgan fingerprint density at radius 2 is 1.01 bits per heavy atom. The zero-order valence-corrected chi connectivity index (χ0v) is 47.5. The third kappa shape index (κ3) is 19.1. The predicted octanol–water partition coefficient (Wildman–Crippen LogP) is 1.03. The summed E-state index contributed by atoms with van der Waals surface area (Å²) in [6, 6.07) is 18.1. The molecule has 8 amide bonds. The van der Waals surface area contributed by atoms with Gasteiger partial charge in [0.1, 0.15) is 48.0 Å². The van der Waals surface area contributed by atoms with E-state index in [0.29, 0.717) is 35.1 Å². The van der Waals surface area contributed by atoms with Gasteiger partial charge in [0.25, 0.3) is 0 Å². The number of phenolic OH excluding ortho intramolecular Hbond substituents is 1.